The highest BCUT2D eigenvalue weighted by Crippen LogP contribution is 2.22. The van der Waals surface area contributed by atoms with Gasteiger partial charge in [-0.2, -0.15) is 0 Å². The molecule has 0 radical (unpaired) electrons. The average molecular weight is 204 g/mol. The summed E-state index contributed by atoms with van der Waals surface area (Å²) in [6.45, 7) is 6.08. The van der Waals surface area contributed by atoms with Gasteiger partial charge in [-0.3, -0.25) is 0 Å². The van der Waals surface area contributed by atoms with E-state index in [0.29, 0.717) is 11.8 Å². The van der Waals surface area contributed by atoms with Crippen LogP contribution in [0.1, 0.15) is 58.3 Å². The van der Waals surface area contributed by atoms with Gasteiger partial charge in [-0.1, -0.05) is 38.2 Å². The zero-order valence-corrected chi connectivity index (χ0v) is 10.1. The third kappa shape index (κ3) is 5.07. The predicted octanol–water partition coefficient (Wildman–Crippen LogP) is 4.56. The van der Waals surface area contributed by atoms with Crippen LogP contribution in [0.3, 0.4) is 0 Å². The second-order valence-electron chi connectivity index (χ2n) is 4.60. The normalized spacial score (nSPS) is 19.0. The molecule has 0 aromatic carbocycles. The zero-order valence-electron chi connectivity index (χ0n) is 10.1. The van der Waals surface area contributed by atoms with Gasteiger partial charge in [-0.05, 0) is 31.6 Å². The molecule has 1 aliphatic rings. The lowest BCUT2D eigenvalue weighted by molar-refractivity contribution is 0.430. The number of hydrogen-bond donors (Lipinski definition) is 0. The molecule has 0 N–H and O–H groups in total. The van der Waals surface area contributed by atoms with E-state index >= 15 is 0 Å². The van der Waals surface area contributed by atoms with E-state index in [1.54, 1.807) is 0 Å². The van der Waals surface area contributed by atoms with E-state index in [0.717, 1.165) is 6.42 Å². The lowest BCUT2D eigenvalue weighted by Gasteiger charge is -2.15. The highest BCUT2D eigenvalue weighted by atomic mass is 14.1. The third-order valence-corrected chi connectivity index (χ3v) is 3.41. The molecule has 1 rings (SSSR count). The molecule has 0 aliphatic heterocycles. The van der Waals surface area contributed by atoms with Crippen molar-refractivity contribution in [3.8, 4) is 11.8 Å². The Morgan fingerprint density at radius 1 is 1.33 bits per heavy atom. The second-order valence-corrected chi connectivity index (χ2v) is 4.60. The first-order valence-corrected chi connectivity index (χ1v) is 6.47. The Kier molecular flexibility index (Phi) is 6.25. The van der Waals surface area contributed by atoms with Crippen LogP contribution < -0.4 is 0 Å². The van der Waals surface area contributed by atoms with Crippen LogP contribution in [0.25, 0.3) is 0 Å². The number of allylic oxidation sites excluding steroid dienone is 1. The van der Waals surface area contributed by atoms with Gasteiger partial charge < -0.3 is 0 Å². The molecule has 1 unspecified atom stereocenters. The van der Waals surface area contributed by atoms with Crippen LogP contribution in [0.5, 0.6) is 0 Å². The maximum Gasteiger partial charge on any atom is 0.0202 e. The third-order valence-electron chi connectivity index (χ3n) is 3.41. The minimum atomic E-state index is 0.672. The van der Waals surface area contributed by atoms with Crippen LogP contribution >= 0.6 is 0 Å². The van der Waals surface area contributed by atoms with Crippen molar-refractivity contribution in [1.82, 2.24) is 0 Å². The summed E-state index contributed by atoms with van der Waals surface area (Å²) in [5, 5.41) is 0. The fourth-order valence-corrected chi connectivity index (χ4v) is 2.21. The van der Waals surface area contributed by atoms with Crippen LogP contribution in [0, 0.1) is 23.7 Å². The zero-order chi connectivity index (χ0) is 10.9. The van der Waals surface area contributed by atoms with Crippen molar-refractivity contribution in [2.45, 2.75) is 58.3 Å². The van der Waals surface area contributed by atoms with Crippen molar-refractivity contribution in [2.24, 2.45) is 11.8 Å². The lowest BCUT2D eigenvalue weighted by Crippen LogP contribution is -2.03. The molecular formula is C15H24. The largest absolute Gasteiger partial charge is 0.103 e. The standard InChI is InChI=1S/C15H24/c1-3-14(4-2)10-8-9-13-15-11-6-5-7-12-15/h3,14-15H,1,4-8,10-12H2,2H3. The molecule has 0 bridgehead atoms. The SMILES string of the molecule is C=CC(CC)CCC#CC1CCCCC1. The van der Waals surface area contributed by atoms with Gasteiger partial charge in [0.1, 0.15) is 0 Å². The molecule has 84 valence electrons. The van der Waals surface area contributed by atoms with Crippen molar-refractivity contribution in [2.75, 3.05) is 0 Å². The number of rotatable bonds is 4. The summed E-state index contributed by atoms with van der Waals surface area (Å²) in [5.41, 5.74) is 0. The first kappa shape index (κ1) is 12.4. The molecule has 0 saturated heterocycles. The van der Waals surface area contributed by atoms with E-state index in [-0.39, 0.29) is 0 Å². The Hall–Kier alpha value is -0.700. The van der Waals surface area contributed by atoms with Crippen LogP contribution in [-0.2, 0) is 0 Å². The summed E-state index contributed by atoms with van der Waals surface area (Å²) in [4.78, 5) is 0. The van der Waals surface area contributed by atoms with Crippen molar-refractivity contribution in [3.63, 3.8) is 0 Å². The molecule has 0 amide bonds. The fraction of sp³-hybridized carbons (Fsp3) is 0.733. The molecule has 0 aromatic heterocycles. The quantitative estimate of drug-likeness (QED) is 0.465. The molecule has 1 saturated carbocycles. The van der Waals surface area contributed by atoms with Crippen LogP contribution in [0.15, 0.2) is 12.7 Å². The maximum absolute atomic E-state index is 3.85. The van der Waals surface area contributed by atoms with E-state index in [4.69, 9.17) is 0 Å². The molecule has 1 atom stereocenters. The van der Waals surface area contributed by atoms with Crippen LogP contribution in [-0.4, -0.2) is 0 Å². The van der Waals surface area contributed by atoms with Gasteiger partial charge in [-0.25, -0.2) is 0 Å². The first-order chi connectivity index (χ1) is 7.36. The van der Waals surface area contributed by atoms with Crippen molar-refractivity contribution >= 4 is 0 Å². The summed E-state index contributed by atoms with van der Waals surface area (Å²) >= 11 is 0. The molecule has 0 nitrogen and oxygen atoms in total. The van der Waals surface area contributed by atoms with Crippen molar-refractivity contribution in [1.29, 1.82) is 0 Å². The van der Waals surface area contributed by atoms with Gasteiger partial charge >= 0.3 is 0 Å². The molecule has 0 heteroatoms. The van der Waals surface area contributed by atoms with E-state index in [9.17, 15) is 0 Å². The first-order valence-electron chi connectivity index (χ1n) is 6.47. The maximum atomic E-state index is 3.85. The molecule has 0 heterocycles. The van der Waals surface area contributed by atoms with Crippen LogP contribution in [0.2, 0.25) is 0 Å². The van der Waals surface area contributed by atoms with Gasteiger partial charge in [0.25, 0.3) is 0 Å². The fourth-order valence-electron chi connectivity index (χ4n) is 2.21. The molecule has 0 aromatic rings. The van der Waals surface area contributed by atoms with Gasteiger partial charge in [-0.15, -0.1) is 12.5 Å². The number of hydrogen-bond acceptors (Lipinski definition) is 0. The molecule has 1 fully saturated rings. The summed E-state index contributed by atoms with van der Waals surface area (Å²) in [7, 11) is 0. The minimum absolute atomic E-state index is 0.672. The van der Waals surface area contributed by atoms with Gasteiger partial charge in [0.05, 0.1) is 0 Å². The Morgan fingerprint density at radius 2 is 2.07 bits per heavy atom. The van der Waals surface area contributed by atoms with Crippen molar-refractivity contribution in [3.05, 3.63) is 12.7 Å². The second kappa shape index (κ2) is 7.57. The Morgan fingerprint density at radius 3 is 2.67 bits per heavy atom. The van der Waals surface area contributed by atoms with Crippen LogP contribution in [0.4, 0.5) is 0 Å². The minimum Gasteiger partial charge on any atom is -0.103 e. The molecule has 15 heavy (non-hydrogen) atoms. The van der Waals surface area contributed by atoms with Gasteiger partial charge in [0, 0.05) is 12.3 Å². The Balaban J connectivity index is 2.17. The highest BCUT2D eigenvalue weighted by Gasteiger charge is 2.09. The predicted molar refractivity (Wildman–Crippen MR) is 67.6 cm³/mol. The smallest absolute Gasteiger partial charge is 0.0202 e. The van der Waals surface area contributed by atoms with E-state index in [2.05, 4.69) is 31.4 Å². The molecule has 1 aliphatic carbocycles. The van der Waals surface area contributed by atoms with Gasteiger partial charge in [0.15, 0.2) is 0 Å². The molecule has 0 spiro atoms. The topological polar surface area (TPSA) is 0 Å². The summed E-state index contributed by atoms with van der Waals surface area (Å²) in [6, 6.07) is 0. The van der Waals surface area contributed by atoms with E-state index < -0.39 is 0 Å². The van der Waals surface area contributed by atoms with E-state index in [1.807, 2.05) is 0 Å². The Bertz CT molecular complexity index is 222. The highest BCUT2D eigenvalue weighted by molar-refractivity contribution is 5.04. The van der Waals surface area contributed by atoms with Gasteiger partial charge in [0.2, 0.25) is 0 Å². The Labute approximate surface area is 95.2 Å². The van der Waals surface area contributed by atoms with E-state index in [1.165, 1.54) is 44.9 Å². The summed E-state index contributed by atoms with van der Waals surface area (Å²) in [5.74, 6) is 8.18. The van der Waals surface area contributed by atoms with Crippen molar-refractivity contribution < 1.29 is 0 Å². The lowest BCUT2D eigenvalue weighted by atomic mass is 9.89. The summed E-state index contributed by atoms with van der Waals surface area (Å²) in [6.07, 6.45) is 12.4. The molecular weight excluding hydrogens is 180 g/mol. The monoisotopic (exact) mass is 204 g/mol. The average Bonchev–Trinajstić information content (AvgIpc) is 2.31. The summed E-state index contributed by atoms with van der Waals surface area (Å²) < 4.78 is 0.